The summed E-state index contributed by atoms with van der Waals surface area (Å²) in [6.45, 7) is 26.6. The van der Waals surface area contributed by atoms with Crippen LogP contribution in [0.3, 0.4) is 0 Å². The van der Waals surface area contributed by atoms with E-state index < -0.39 is 17.9 Å². The highest BCUT2D eigenvalue weighted by Crippen LogP contribution is 2.47. The van der Waals surface area contributed by atoms with E-state index in [2.05, 4.69) is 111 Å². The van der Waals surface area contributed by atoms with E-state index in [0.717, 1.165) is 11.3 Å². The molecule has 0 atom stereocenters. The third-order valence-electron chi connectivity index (χ3n) is 7.08. The first kappa shape index (κ1) is 21.9. The van der Waals surface area contributed by atoms with Gasteiger partial charge in [0.2, 0.25) is 0 Å². The second-order valence-electron chi connectivity index (χ2n) is 12.3. The Hall–Kier alpha value is -1.96. The fraction of sp³-hybridized carbons (Fsp3) is 0.600. The molecule has 0 unspecified atom stereocenters. The summed E-state index contributed by atoms with van der Waals surface area (Å²) in [7, 11) is 0. The van der Waals surface area contributed by atoms with E-state index >= 15 is 0 Å². The van der Waals surface area contributed by atoms with Gasteiger partial charge in [0.15, 0.2) is 0 Å². The van der Waals surface area contributed by atoms with Gasteiger partial charge in [-0.05, 0) is 119 Å². The van der Waals surface area contributed by atoms with Gasteiger partial charge in [-0.25, -0.2) is 0 Å². The monoisotopic (exact) mass is 439 g/mol. The molecular weight excluding hydrogens is 388 g/mol. The molecule has 2 aromatic carbocycles. The van der Waals surface area contributed by atoms with Gasteiger partial charge in [0, 0.05) is 26.6 Å². The molecule has 0 amide bonds. The number of aryl methyl sites for hydroxylation is 4. The van der Waals surface area contributed by atoms with Gasteiger partial charge >= 0.3 is 0 Å². The van der Waals surface area contributed by atoms with Crippen LogP contribution < -0.4 is 9.80 Å². The molecule has 0 saturated carbocycles. The first-order chi connectivity index (χ1) is 15.6. The number of benzene rings is 2. The first-order valence-electron chi connectivity index (χ1n) is 13.3. The van der Waals surface area contributed by atoms with Gasteiger partial charge in [-0.1, -0.05) is 36.4 Å². The van der Waals surface area contributed by atoms with Crippen molar-refractivity contribution in [1.29, 1.82) is 0 Å². The fourth-order valence-electron chi connectivity index (χ4n) is 5.57. The van der Waals surface area contributed by atoms with Gasteiger partial charge in [0.25, 0.3) is 0 Å². The van der Waals surface area contributed by atoms with Crippen molar-refractivity contribution >= 4 is 11.4 Å². The third-order valence-corrected chi connectivity index (χ3v) is 7.08. The summed E-state index contributed by atoms with van der Waals surface area (Å²) < 4.78 is 25.0. The van der Waals surface area contributed by atoms with Crippen molar-refractivity contribution < 1.29 is 4.11 Å². The molecule has 0 spiro atoms. The SMILES string of the molecule is [2H]C([2H])([2H])c1cccc(C)c1N(C(C)(C)C)C(C)(C)C(C)(C)N(c1c(C)cccc1C)C(C)(C)C. The van der Waals surface area contributed by atoms with Crippen LogP contribution >= 0.6 is 0 Å². The standard InChI is InChI=1S/C30H48N2/c1-21-17-15-18-22(2)25(21)31(27(5,6)7)29(11,12)30(13,14)32(28(8,9)10)26-23(3)19-16-20-24(26)4/h15-20H,1-14H3/i1D3. The van der Waals surface area contributed by atoms with E-state index in [0.29, 0.717) is 5.56 Å². The van der Waals surface area contributed by atoms with Crippen LogP contribution in [-0.4, -0.2) is 22.2 Å². The molecular formula is C30H48N2. The number of hydrogen-bond acceptors (Lipinski definition) is 2. The lowest BCUT2D eigenvalue weighted by Gasteiger charge is -2.63. The minimum atomic E-state index is -2.21. The Labute approximate surface area is 203 Å². The number of para-hydroxylation sites is 2. The molecule has 2 aromatic rings. The van der Waals surface area contributed by atoms with Crippen LogP contribution in [0.25, 0.3) is 0 Å². The second kappa shape index (κ2) is 8.43. The smallest absolute Gasteiger partial charge is 0.0577 e. The minimum Gasteiger partial charge on any atom is -0.359 e. The number of hydrogen-bond donors (Lipinski definition) is 0. The summed E-state index contributed by atoms with van der Waals surface area (Å²) in [5.41, 5.74) is 4.54. The predicted molar refractivity (Wildman–Crippen MR) is 144 cm³/mol. The zero-order valence-electron chi connectivity index (χ0n) is 25.9. The molecule has 2 rings (SSSR count). The van der Waals surface area contributed by atoms with Gasteiger partial charge in [-0.3, -0.25) is 0 Å². The fourth-order valence-corrected chi connectivity index (χ4v) is 5.57. The highest BCUT2D eigenvalue weighted by Gasteiger charge is 2.52. The van der Waals surface area contributed by atoms with Gasteiger partial charge in [0.1, 0.15) is 0 Å². The number of nitrogens with zero attached hydrogens (tertiary/aromatic N) is 2. The van der Waals surface area contributed by atoms with Crippen LogP contribution in [0.1, 0.15) is 95.6 Å². The highest BCUT2D eigenvalue weighted by atomic mass is 15.4. The predicted octanol–water partition coefficient (Wildman–Crippen LogP) is 8.39. The van der Waals surface area contributed by atoms with Crippen molar-refractivity contribution in [1.82, 2.24) is 0 Å². The van der Waals surface area contributed by atoms with Crippen LogP contribution in [0.5, 0.6) is 0 Å². The van der Waals surface area contributed by atoms with Gasteiger partial charge in [-0.15, -0.1) is 0 Å². The maximum atomic E-state index is 8.34. The van der Waals surface area contributed by atoms with Crippen LogP contribution in [-0.2, 0) is 0 Å². The summed E-state index contributed by atoms with van der Waals surface area (Å²) in [5, 5.41) is 0. The lowest BCUT2D eigenvalue weighted by atomic mass is 9.73. The molecule has 178 valence electrons. The average molecular weight is 440 g/mol. The molecule has 0 radical (unpaired) electrons. The Morgan fingerprint density at radius 1 is 0.531 bits per heavy atom. The largest absolute Gasteiger partial charge is 0.359 e. The van der Waals surface area contributed by atoms with Crippen molar-refractivity contribution in [3.63, 3.8) is 0 Å². The van der Waals surface area contributed by atoms with Crippen molar-refractivity contribution in [3.05, 3.63) is 58.7 Å². The Balaban J connectivity index is 2.95. The van der Waals surface area contributed by atoms with Crippen LogP contribution in [0, 0.1) is 27.6 Å². The van der Waals surface area contributed by atoms with Crippen LogP contribution in [0.15, 0.2) is 36.4 Å². The maximum absolute atomic E-state index is 8.34. The summed E-state index contributed by atoms with van der Waals surface area (Å²) in [6, 6.07) is 12.1. The van der Waals surface area contributed by atoms with Crippen molar-refractivity contribution in [2.75, 3.05) is 9.80 Å². The molecule has 0 aliphatic carbocycles. The molecule has 0 saturated heterocycles. The van der Waals surface area contributed by atoms with Crippen molar-refractivity contribution in [2.45, 2.75) is 119 Å². The summed E-state index contributed by atoms with van der Waals surface area (Å²) >= 11 is 0. The molecule has 0 aromatic heterocycles. The first-order valence-corrected chi connectivity index (χ1v) is 11.8. The summed E-state index contributed by atoms with van der Waals surface area (Å²) in [5.74, 6) is 0. The van der Waals surface area contributed by atoms with Gasteiger partial charge in [0.05, 0.1) is 11.1 Å². The van der Waals surface area contributed by atoms with E-state index in [-0.39, 0.29) is 11.1 Å². The van der Waals surface area contributed by atoms with E-state index in [1.54, 1.807) is 6.07 Å². The number of rotatable bonds is 5. The maximum Gasteiger partial charge on any atom is 0.0577 e. The molecule has 0 bridgehead atoms. The van der Waals surface area contributed by atoms with E-state index in [1.165, 1.54) is 16.8 Å². The van der Waals surface area contributed by atoms with E-state index in [1.807, 2.05) is 19.1 Å². The van der Waals surface area contributed by atoms with E-state index in [4.69, 9.17) is 4.11 Å². The zero-order chi connectivity index (χ0) is 27.4. The summed E-state index contributed by atoms with van der Waals surface area (Å²) in [6.07, 6.45) is 0. The Kier molecular flexibility index (Phi) is 5.76. The molecule has 0 N–H and O–H groups in total. The zero-order valence-corrected chi connectivity index (χ0v) is 22.9. The summed E-state index contributed by atoms with van der Waals surface area (Å²) in [4.78, 5) is 4.92. The molecule has 2 heteroatoms. The van der Waals surface area contributed by atoms with Crippen LogP contribution in [0.4, 0.5) is 11.4 Å². The van der Waals surface area contributed by atoms with Crippen LogP contribution in [0.2, 0.25) is 0 Å². The normalized spacial score (nSPS) is 15.1. The third kappa shape index (κ3) is 4.56. The Morgan fingerprint density at radius 3 is 1.09 bits per heavy atom. The van der Waals surface area contributed by atoms with E-state index in [9.17, 15) is 0 Å². The molecule has 0 heterocycles. The van der Waals surface area contributed by atoms with Crippen molar-refractivity contribution in [3.8, 4) is 0 Å². The lowest BCUT2D eigenvalue weighted by Crippen LogP contribution is -2.72. The molecule has 0 fully saturated rings. The highest BCUT2D eigenvalue weighted by molar-refractivity contribution is 5.66. The quantitative estimate of drug-likeness (QED) is 0.461. The second-order valence-corrected chi connectivity index (χ2v) is 12.3. The van der Waals surface area contributed by atoms with Crippen molar-refractivity contribution in [2.24, 2.45) is 0 Å². The number of anilines is 2. The topological polar surface area (TPSA) is 6.48 Å². The average Bonchev–Trinajstić information content (AvgIpc) is 2.62. The Bertz CT molecular complexity index is 1030. The molecule has 32 heavy (non-hydrogen) atoms. The lowest BCUT2D eigenvalue weighted by molar-refractivity contribution is 0.201. The molecule has 0 aliphatic heterocycles. The van der Waals surface area contributed by atoms with Gasteiger partial charge in [-0.2, -0.15) is 0 Å². The minimum absolute atomic E-state index is 0.181. The molecule has 2 nitrogen and oxygen atoms in total. The molecule has 0 aliphatic rings. The van der Waals surface area contributed by atoms with Gasteiger partial charge < -0.3 is 9.80 Å². The Morgan fingerprint density at radius 2 is 0.812 bits per heavy atom.